The molecular weight excluding hydrogens is 1790 g/mol. The molecule has 0 spiro atoms. The Bertz CT molecular complexity index is 3080. The normalized spacial score (nSPS) is 20.9. The fourth-order valence-electron chi connectivity index (χ4n) is 19.8. The fourth-order valence-corrected chi connectivity index (χ4v) is 19.8. The molecule has 144 heavy (non-hydrogen) atoms. The van der Waals surface area contributed by atoms with Gasteiger partial charge < -0.3 is 57.7 Å². The second-order valence-corrected chi connectivity index (χ2v) is 62.8. The van der Waals surface area contributed by atoms with Crippen molar-refractivity contribution in [1.29, 1.82) is 0 Å². The number of piperazine rings is 6. The predicted molar refractivity (Wildman–Crippen MR) is 626 cm³/mol. The molecule has 862 valence electrons. The van der Waals surface area contributed by atoms with E-state index in [1.807, 2.05) is 0 Å². The van der Waals surface area contributed by atoms with Gasteiger partial charge >= 0.3 is 0 Å². The van der Waals surface area contributed by atoms with Gasteiger partial charge in [0, 0.05) is 278 Å². The van der Waals surface area contributed by atoms with Gasteiger partial charge in [-0.15, -0.1) is 0 Å². The summed E-state index contributed by atoms with van der Waals surface area (Å²) in [4.78, 5) is 38.6. The molecule has 9 rings (SSSR count). The third kappa shape index (κ3) is 77.5. The molecule has 0 N–H and O–H groups in total. The van der Waals surface area contributed by atoms with Gasteiger partial charge in [0.15, 0.2) is 0 Å². The average Bonchev–Trinajstić information content (AvgIpc) is 0.799. The van der Waals surface area contributed by atoms with E-state index in [4.69, 9.17) is 33.2 Å². The van der Waals surface area contributed by atoms with Gasteiger partial charge in [0.25, 0.3) is 0 Å². The van der Waals surface area contributed by atoms with E-state index in [1.165, 1.54) is 215 Å². The summed E-state index contributed by atoms with van der Waals surface area (Å²) in [6.07, 6.45) is 6.65. The average molecular weight is 2050 g/mol. The first-order valence-electron chi connectivity index (χ1n) is 58.5. The molecule has 9 aliphatic heterocycles. The summed E-state index contributed by atoms with van der Waals surface area (Å²) in [7, 11) is 0. The Kier molecular flexibility index (Phi) is 61.4. The fraction of sp³-hybridized carbons (Fsp3) is 1.00. The summed E-state index contributed by atoms with van der Waals surface area (Å²) in [5.41, 5.74) is 4.59. The largest absolute Gasteiger partial charge is 0.380 e. The Hall–Kier alpha value is -0.880. The van der Waals surface area contributed by atoms with Crippen LogP contribution in [0, 0.1) is 60.6 Å². The molecule has 0 aromatic heterocycles. The van der Waals surface area contributed by atoms with Crippen molar-refractivity contribution >= 4 is 0 Å². The first kappa shape index (κ1) is 139. The Labute approximate surface area is 899 Å². The summed E-state index contributed by atoms with van der Waals surface area (Å²) < 4.78 is 40.0. The zero-order chi connectivity index (χ0) is 110. The standard InChI is InChI=1S/C17H35NO.C16H33N3.2C16H34N2O2.C16H34N2O.C14H30N2O.C14H30N2.C13H27N/c1-16(2,3)10-13-18-11-7-15(8-12-18)9-14-19-17(4,5)6;1-15(2,3)13-17-11-14(12-17)18-7-9-19(10-8-18)16(4,5)6;1-15(2,3)19-13-11-17-7-9-18(10-8-17)12-14-20-16(4,5)6;1-15(2,3)13-20-14-19-12-11-17-7-9-18(10-8-17)16(4,5)6;1-15(2,3)13-18-9-7-17(8-10-18)11-12-19-14-16(4,5)6;1-13(2,3)16-9-7-15(8-10-16)11-12-17-14(4,5)6;1-13(2,3)11-15-7-9-16(10-8-15)12-14(4,5)6;1-12(2,3)7-11-8-14(9-11)10-13(4,5)6/h15H,7-14H2,1-6H3;14H,7-13H2,1-6H3;2*7-14H2,1-6H3;7-14H2,1-6H3;7-12H2,1-6H3;7-12H2,1-6H3;11H,7-10H2,1-6H3. The van der Waals surface area contributed by atoms with Crippen molar-refractivity contribution in [2.24, 2.45) is 60.6 Å². The van der Waals surface area contributed by atoms with Crippen LogP contribution < -0.4 is 0 Å². The van der Waals surface area contributed by atoms with Gasteiger partial charge in [-0.25, -0.2) is 0 Å². The lowest BCUT2D eigenvalue weighted by Gasteiger charge is -2.51. The molecule has 0 amide bonds. The van der Waals surface area contributed by atoms with Gasteiger partial charge in [-0.1, -0.05) is 187 Å². The van der Waals surface area contributed by atoms with Crippen molar-refractivity contribution < 1.29 is 33.2 Å². The second kappa shape index (κ2) is 63.5. The molecule has 22 nitrogen and oxygen atoms in total. The van der Waals surface area contributed by atoms with Crippen LogP contribution in [0.25, 0.3) is 0 Å². The maximum atomic E-state index is 5.84. The SMILES string of the molecule is CC(C)(C)CC1CN(CC(C)(C)C)C1.CC(C)(C)CCN1CCC(CCOC(C)(C)C)CC1.CC(C)(C)CN1CC(N2CCN(C(C)(C)C)CC2)C1.CC(C)(C)CN1CCN(CC(C)(C)C)CC1.CC(C)(C)COCCN1CCN(CC(C)(C)C)CC1.CC(C)(C)COCOCCN1CCN(C(C)(C)C)CC1.CC(C)(C)OCCN1CCN(C(C)(C)C)CC1.CC(C)(C)OCCN1CCN(CCOC(C)(C)C)CC1. The molecule has 0 saturated carbocycles. The van der Waals surface area contributed by atoms with Gasteiger partial charge in [0.2, 0.25) is 0 Å². The van der Waals surface area contributed by atoms with Crippen molar-refractivity contribution in [3.63, 3.8) is 0 Å². The van der Waals surface area contributed by atoms with Crippen molar-refractivity contribution in [3.05, 3.63) is 0 Å². The van der Waals surface area contributed by atoms with Crippen LogP contribution in [0.4, 0.5) is 0 Å². The van der Waals surface area contributed by atoms with Crippen molar-refractivity contribution in [2.75, 3.05) is 328 Å². The van der Waals surface area contributed by atoms with E-state index in [2.05, 4.69) is 406 Å². The monoisotopic (exact) mass is 2050 g/mol. The molecular formula is C122H257N15O7. The van der Waals surface area contributed by atoms with Gasteiger partial charge in [-0.05, 0) is 258 Å². The summed E-state index contributed by atoms with van der Waals surface area (Å²) in [6, 6.07) is 0.824. The number of hydrogen-bond acceptors (Lipinski definition) is 22. The van der Waals surface area contributed by atoms with Crippen LogP contribution in [-0.4, -0.2) is 447 Å². The molecule has 9 fully saturated rings. The van der Waals surface area contributed by atoms with E-state index >= 15 is 0 Å². The lowest BCUT2D eigenvalue weighted by molar-refractivity contribution is -0.0794. The first-order valence-corrected chi connectivity index (χ1v) is 58.5. The van der Waals surface area contributed by atoms with E-state index < -0.39 is 0 Å². The van der Waals surface area contributed by atoms with Crippen LogP contribution in [0.15, 0.2) is 0 Å². The molecule has 0 unspecified atom stereocenters. The number of hydrogen-bond donors (Lipinski definition) is 0. The van der Waals surface area contributed by atoms with E-state index in [0.717, 1.165) is 156 Å². The Morgan fingerprint density at radius 1 is 0.201 bits per heavy atom. The van der Waals surface area contributed by atoms with Gasteiger partial charge in [-0.2, -0.15) is 0 Å². The number of piperidine rings is 1. The minimum absolute atomic E-state index is 0.00671. The minimum Gasteiger partial charge on any atom is -0.380 e. The van der Waals surface area contributed by atoms with Gasteiger partial charge in [0.1, 0.15) is 6.79 Å². The number of ether oxygens (including phenoxy) is 7. The van der Waals surface area contributed by atoms with E-state index in [9.17, 15) is 0 Å². The summed E-state index contributed by atoms with van der Waals surface area (Å²) in [5.74, 6) is 1.84. The molecule has 9 aliphatic rings. The Morgan fingerprint density at radius 3 is 0.729 bits per heavy atom. The second-order valence-electron chi connectivity index (χ2n) is 62.8. The highest BCUT2D eigenvalue weighted by atomic mass is 16.7. The Morgan fingerprint density at radius 2 is 0.451 bits per heavy atom. The van der Waals surface area contributed by atoms with E-state index in [-0.39, 0.29) is 33.2 Å². The highest BCUT2D eigenvalue weighted by Gasteiger charge is 2.39. The van der Waals surface area contributed by atoms with E-state index in [0.29, 0.717) is 61.3 Å². The van der Waals surface area contributed by atoms with Crippen LogP contribution in [-0.2, 0) is 33.2 Å². The lowest BCUT2D eigenvalue weighted by atomic mass is 9.80. The van der Waals surface area contributed by atoms with Crippen LogP contribution >= 0.6 is 0 Å². The minimum atomic E-state index is -0.0217. The molecule has 9 heterocycles. The predicted octanol–water partition coefficient (Wildman–Crippen LogP) is 22.2. The number of likely N-dealkylation sites (tertiary alicyclic amines) is 3. The van der Waals surface area contributed by atoms with Crippen LogP contribution in [0.1, 0.15) is 364 Å². The maximum Gasteiger partial charge on any atom is 0.146 e. The molecule has 0 aromatic rings. The zero-order valence-electron chi connectivity index (χ0n) is 106. The molecule has 0 bridgehead atoms. The third-order valence-corrected chi connectivity index (χ3v) is 27.3. The lowest BCUT2D eigenvalue weighted by Crippen LogP contribution is -2.65. The van der Waals surface area contributed by atoms with Crippen LogP contribution in [0.2, 0.25) is 0 Å². The smallest absolute Gasteiger partial charge is 0.146 e. The maximum absolute atomic E-state index is 5.84. The number of nitrogens with zero attached hydrogens (tertiary/aromatic N) is 15. The van der Waals surface area contributed by atoms with Crippen molar-refractivity contribution in [1.82, 2.24) is 73.5 Å². The van der Waals surface area contributed by atoms with Gasteiger partial charge in [-0.3, -0.25) is 49.0 Å². The topological polar surface area (TPSA) is 113 Å². The molecule has 9 saturated heterocycles. The van der Waals surface area contributed by atoms with Gasteiger partial charge in [0.05, 0.1) is 68.7 Å². The highest BCUT2D eigenvalue weighted by Crippen LogP contribution is 2.34. The molecule has 22 heteroatoms. The zero-order valence-corrected chi connectivity index (χ0v) is 106. The highest BCUT2D eigenvalue weighted by molar-refractivity contribution is 4.95. The molecule has 0 radical (unpaired) electrons. The van der Waals surface area contributed by atoms with Crippen LogP contribution in [0.3, 0.4) is 0 Å². The third-order valence-electron chi connectivity index (χ3n) is 27.3. The first-order chi connectivity index (χ1) is 65.3. The summed E-state index contributed by atoms with van der Waals surface area (Å²) >= 11 is 0. The quantitative estimate of drug-likeness (QED) is 0.0484. The molecule has 0 atom stereocenters. The number of rotatable bonds is 31. The summed E-state index contributed by atoms with van der Waals surface area (Å²) in [5, 5.41) is 0. The molecule has 0 aromatic carbocycles. The Balaban J connectivity index is 0.000000557. The van der Waals surface area contributed by atoms with E-state index in [1.54, 1.807) is 0 Å². The van der Waals surface area contributed by atoms with Crippen LogP contribution in [0.5, 0.6) is 0 Å². The molecule has 0 aliphatic carbocycles. The summed E-state index contributed by atoms with van der Waals surface area (Å²) in [6.45, 7) is 165. The van der Waals surface area contributed by atoms with Crippen molar-refractivity contribution in [2.45, 2.75) is 410 Å². The van der Waals surface area contributed by atoms with Crippen molar-refractivity contribution in [3.8, 4) is 0 Å².